The van der Waals surface area contributed by atoms with Crippen LogP contribution in [0.2, 0.25) is 0 Å². The summed E-state index contributed by atoms with van der Waals surface area (Å²) in [6.07, 6.45) is 3.34. The number of nitrogens with one attached hydrogen (secondary N) is 2. The van der Waals surface area contributed by atoms with E-state index in [-0.39, 0.29) is 24.0 Å². The molecule has 2 unspecified atom stereocenters. The topological polar surface area (TPSA) is 67.4 Å². The normalized spacial score (nSPS) is 17.0. The van der Waals surface area contributed by atoms with E-state index in [9.17, 15) is 9.59 Å². The first-order valence-corrected chi connectivity index (χ1v) is 11.1. The van der Waals surface area contributed by atoms with Crippen LogP contribution in [0.15, 0.2) is 53.4 Å². The molecule has 2 aromatic carbocycles. The predicted octanol–water partition coefficient (Wildman–Crippen LogP) is 4.74. The molecule has 29 heavy (non-hydrogen) atoms. The monoisotopic (exact) mass is 412 g/mol. The average Bonchev–Trinajstić information content (AvgIpc) is 3.26. The van der Waals surface area contributed by atoms with Crippen molar-refractivity contribution in [3.63, 3.8) is 0 Å². The van der Waals surface area contributed by atoms with E-state index in [1.54, 1.807) is 36.0 Å². The molecule has 0 spiro atoms. The van der Waals surface area contributed by atoms with Crippen LogP contribution in [0.25, 0.3) is 0 Å². The van der Waals surface area contributed by atoms with Crippen LogP contribution in [-0.2, 0) is 4.74 Å². The Bertz CT molecular complexity index is 832. The number of amides is 2. The standard InChI is InChI=1S/C23H28N2O3S/c1-3-16(2)24-22(26)17-10-12-18(13-11-17)25-23(27)20-8-4-5-9-21(20)29-15-19-7-6-14-28-19/h4-5,8-13,16,19H,3,6-7,14-15H2,1-2H3,(H,24,26)(H,25,27). The van der Waals surface area contributed by atoms with Crippen LogP contribution < -0.4 is 10.6 Å². The first-order chi connectivity index (χ1) is 14.1. The highest BCUT2D eigenvalue weighted by atomic mass is 32.2. The summed E-state index contributed by atoms with van der Waals surface area (Å²) in [6, 6.07) is 14.7. The highest BCUT2D eigenvalue weighted by Crippen LogP contribution is 2.27. The lowest BCUT2D eigenvalue weighted by Gasteiger charge is -2.13. The van der Waals surface area contributed by atoms with Crippen LogP contribution in [0.5, 0.6) is 0 Å². The van der Waals surface area contributed by atoms with Crippen molar-refractivity contribution in [2.45, 2.75) is 50.2 Å². The zero-order valence-corrected chi connectivity index (χ0v) is 17.8. The molecule has 2 N–H and O–H groups in total. The molecule has 1 aliphatic heterocycles. The number of benzene rings is 2. The fourth-order valence-electron chi connectivity index (χ4n) is 3.05. The van der Waals surface area contributed by atoms with Crippen LogP contribution >= 0.6 is 11.8 Å². The number of hydrogen-bond acceptors (Lipinski definition) is 4. The van der Waals surface area contributed by atoms with Gasteiger partial charge in [0, 0.05) is 34.5 Å². The number of rotatable bonds is 8. The van der Waals surface area contributed by atoms with Crippen molar-refractivity contribution in [1.29, 1.82) is 0 Å². The van der Waals surface area contributed by atoms with Crippen molar-refractivity contribution >= 4 is 29.3 Å². The van der Waals surface area contributed by atoms with Gasteiger partial charge in [-0.3, -0.25) is 9.59 Å². The summed E-state index contributed by atoms with van der Waals surface area (Å²) in [5, 5.41) is 5.87. The molecule has 1 saturated heterocycles. The zero-order chi connectivity index (χ0) is 20.6. The predicted molar refractivity (Wildman–Crippen MR) is 118 cm³/mol. The van der Waals surface area contributed by atoms with Gasteiger partial charge in [-0.1, -0.05) is 19.1 Å². The van der Waals surface area contributed by atoms with E-state index in [1.165, 1.54) is 0 Å². The Kier molecular flexibility index (Phi) is 7.72. The van der Waals surface area contributed by atoms with Gasteiger partial charge in [0.2, 0.25) is 0 Å². The van der Waals surface area contributed by atoms with E-state index in [0.29, 0.717) is 16.8 Å². The minimum absolute atomic E-state index is 0.104. The van der Waals surface area contributed by atoms with E-state index >= 15 is 0 Å². The third-order valence-corrected chi connectivity index (χ3v) is 6.18. The van der Waals surface area contributed by atoms with E-state index < -0.39 is 0 Å². The SMILES string of the molecule is CCC(C)NC(=O)c1ccc(NC(=O)c2ccccc2SCC2CCCO2)cc1. The van der Waals surface area contributed by atoms with Gasteiger partial charge in [-0.15, -0.1) is 11.8 Å². The van der Waals surface area contributed by atoms with Gasteiger partial charge in [-0.25, -0.2) is 0 Å². The molecule has 1 heterocycles. The zero-order valence-electron chi connectivity index (χ0n) is 16.9. The number of ether oxygens (including phenoxy) is 1. The Hall–Kier alpha value is -2.31. The smallest absolute Gasteiger partial charge is 0.256 e. The van der Waals surface area contributed by atoms with E-state index in [2.05, 4.69) is 10.6 Å². The van der Waals surface area contributed by atoms with Crippen LogP contribution in [0.1, 0.15) is 53.8 Å². The molecule has 6 heteroatoms. The van der Waals surface area contributed by atoms with Crippen molar-refractivity contribution < 1.29 is 14.3 Å². The van der Waals surface area contributed by atoms with E-state index in [1.807, 2.05) is 38.1 Å². The van der Waals surface area contributed by atoms with Gasteiger partial charge in [-0.2, -0.15) is 0 Å². The molecule has 0 saturated carbocycles. The van der Waals surface area contributed by atoms with Crippen LogP contribution in [0, 0.1) is 0 Å². The maximum absolute atomic E-state index is 12.8. The summed E-state index contributed by atoms with van der Waals surface area (Å²) in [6.45, 7) is 4.83. The van der Waals surface area contributed by atoms with Gasteiger partial charge >= 0.3 is 0 Å². The molecular formula is C23H28N2O3S. The van der Waals surface area contributed by atoms with Crippen molar-refractivity contribution in [1.82, 2.24) is 5.32 Å². The number of hydrogen-bond donors (Lipinski definition) is 2. The minimum atomic E-state index is -0.155. The maximum Gasteiger partial charge on any atom is 0.256 e. The molecule has 0 bridgehead atoms. The Morgan fingerprint density at radius 1 is 1.14 bits per heavy atom. The van der Waals surface area contributed by atoms with Gasteiger partial charge in [0.1, 0.15) is 0 Å². The van der Waals surface area contributed by atoms with Crippen molar-refractivity contribution in [2.24, 2.45) is 0 Å². The molecule has 0 aromatic heterocycles. The summed E-state index contributed by atoms with van der Waals surface area (Å²) in [5.74, 6) is 0.593. The number of carbonyl (C=O) groups excluding carboxylic acids is 2. The van der Waals surface area contributed by atoms with Crippen molar-refractivity contribution in [3.05, 3.63) is 59.7 Å². The van der Waals surface area contributed by atoms with Gasteiger partial charge in [0.15, 0.2) is 0 Å². The summed E-state index contributed by atoms with van der Waals surface area (Å²) >= 11 is 1.66. The molecule has 154 valence electrons. The molecule has 1 fully saturated rings. The summed E-state index contributed by atoms with van der Waals surface area (Å²) in [5.41, 5.74) is 1.89. The Labute approximate surface area is 176 Å². The Morgan fingerprint density at radius 2 is 1.90 bits per heavy atom. The van der Waals surface area contributed by atoms with E-state index in [4.69, 9.17) is 4.74 Å². The average molecular weight is 413 g/mol. The molecule has 2 atom stereocenters. The molecule has 0 radical (unpaired) electrons. The second kappa shape index (κ2) is 10.5. The lowest BCUT2D eigenvalue weighted by atomic mass is 10.1. The number of anilines is 1. The summed E-state index contributed by atoms with van der Waals surface area (Å²) < 4.78 is 5.68. The van der Waals surface area contributed by atoms with Crippen LogP contribution in [0.4, 0.5) is 5.69 Å². The van der Waals surface area contributed by atoms with Crippen molar-refractivity contribution in [3.8, 4) is 0 Å². The molecule has 5 nitrogen and oxygen atoms in total. The Morgan fingerprint density at radius 3 is 2.59 bits per heavy atom. The fraction of sp³-hybridized carbons (Fsp3) is 0.391. The molecule has 1 aliphatic rings. The lowest BCUT2D eigenvalue weighted by Crippen LogP contribution is -2.31. The van der Waals surface area contributed by atoms with Gasteiger partial charge < -0.3 is 15.4 Å². The number of thioether (sulfide) groups is 1. The van der Waals surface area contributed by atoms with E-state index in [0.717, 1.165) is 36.5 Å². The van der Waals surface area contributed by atoms with Gasteiger partial charge in [0.25, 0.3) is 11.8 Å². The van der Waals surface area contributed by atoms with Gasteiger partial charge in [0.05, 0.1) is 11.7 Å². The number of carbonyl (C=O) groups is 2. The Balaban J connectivity index is 1.62. The molecule has 2 amide bonds. The van der Waals surface area contributed by atoms with Gasteiger partial charge in [-0.05, 0) is 62.6 Å². The first-order valence-electron chi connectivity index (χ1n) is 10.1. The second-order valence-corrected chi connectivity index (χ2v) is 8.32. The largest absolute Gasteiger partial charge is 0.377 e. The lowest BCUT2D eigenvalue weighted by molar-refractivity contribution is 0.0938. The first kappa shape index (κ1) is 21.4. The second-order valence-electron chi connectivity index (χ2n) is 7.26. The van der Waals surface area contributed by atoms with Crippen molar-refractivity contribution in [2.75, 3.05) is 17.7 Å². The van der Waals surface area contributed by atoms with Crippen LogP contribution in [0.3, 0.4) is 0 Å². The highest BCUT2D eigenvalue weighted by Gasteiger charge is 2.18. The minimum Gasteiger partial charge on any atom is -0.377 e. The maximum atomic E-state index is 12.8. The molecular weight excluding hydrogens is 384 g/mol. The van der Waals surface area contributed by atoms with Crippen LogP contribution in [-0.4, -0.2) is 36.3 Å². The molecule has 3 rings (SSSR count). The quantitative estimate of drug-likeness (QED) is 0.615. The molecule has 2 aromatic rings. The fourth-order valence-corrected chi connectivity index (χ4v) is 4.17. The third kappa shape index (κ3) is 6.08. The molecule has 0 aliphatic carbocycles. The highest BCUT2D eigenvalue weighted by molar-refractivity contribution is 7.99. The summed E-state index contributed by atoms with van der Waals surface area (Å²) in [4.78, 5) is 25.9. The summed E-state index contributed by atoms with van der Waals surface area (Å²) in [7, 11) is 0. The third-order valence-electron chi connectivity index (χ3n) is 4.98.